The maximum atomic E-state index is 13.4. The molecule has 11 heteroatoms. The molecule has 1 aromatic heterocycles. The van der Waals surface area contributed by atoms with Gasteiger partial charge < -0.3 is 25.4 Å². The molecule has 1 aromatic carbocycles. The normalized spacial score (nSPS) is 15.7. The number of hydrogen-bond donors (Lipinski definition) is 3. The van der Waals surface area contributed by atoms with Gasteiger partial charge in [-0.2, -0.15) is 8.78 Å². The number of hydrogen-bond acceptors (Lipinski definition) is 6. The standard InChI is InChI=1S/C22H23F2N3O4S2/c1-5-30-20(29)15-10(2)12(4)33-19(15)27-18(28)16-11(3)25-22(32)26-17(16)13-8-6-7-9-14(13)31-21(23)24/h6-9,17,21H,5H2,1-4H3,(H,27,28)(H2,25,26,32)/t17-/m0/s1. The van der Waals surface area contributed by atoms with Crippen LogP contribution in [0.15, 0.2) is 35.5 Å². The maximum Gasteiger partial charge on any atom is 0.387 e. The molecule has 7 nitrogen and oxygen atoms in total. The molecule has 0 spiro atoms. The summed E-state index contributed by atoms with van der Waals surface area (Å²) in [5, 5.41) is 9.22. The summed E-state index contributed by atoms with van der Waals surface area (Å²) in [6.45, 7) is 4.13. The van der Waals surface area contributed by atoms with E-state index in [1.54, 1.807) is 39.0 Å². The zero-order valence-electron chi connectivity index (χ0n) is 18.4. The quantitative estimate of drug-likeness (QED) is 0.383. The van der Waals surface area contributed by atoms with Crippen molar-refractivity contribution in [2.75, 3.05) is 11.9 Å². The molecule has 0 fully saturated rings. The van der Waals surface area contributed by atoms with E-state index in [2.05, 4.69) is 20.7 Å². The van der Waals surface area contributed by atoms with Crippen LogP contribution in [0.2, 0.25) is 0 Å². The van der Waals surface area contributed by atoms with E-state index in [9.17, 15) is 18.4 Å². The molecule has 176 valence electrons. The van der Waals surface area contributed by atoms with Crippen LogP contribution in [0.1, 0.15) is 46.3 Å². The predicted octanol–water partition coefficient (Wildman–Crippen LogP) is 4.57. The number of ether oxygens (including phenoxy) is 2. The van der Waals surface area contributed by atoms with Crippen molar-refractivity contribution in [3.05, 3.63) is 57.1 Å². The topological polar surface area (TPSA) is 88.7 Å². The van der Waals surface area contributed by atoms with Gasteiger partial charge in [-0.1, -0.05) is 18.2 Å². The highest BCUT2D eigenvalue weighted by Crippen LogP contribution is 2.37. The Balaban J connectivity index is 2.02. The third-order valence-corrected chi connectivity index (χ3v) is 6.39. The first kappa shape index (κ1) is 24.6. The Morgan fingerprint density at radius 2 is 1.94 bits per heavy atom. The highest BCUT2D eigenvalue weighted by molar-refractivity contribution is 7.80. The van der Waals surface area contributed by atoms with Crippen LogP contribution in [0.25, 0.3) is 0 Å². The Kier molecular flexibility index (Phi) is 7.65. The molecule has 0 saturated carbocycles. The Bertz CT molecular complexity index is 1130. The van der Waals surface area contributed by atoms with Crippen LogP contribution in [0.4, 0.5) is 13.8 Å². The van der Waals surface area contributed by atoms with Crippen LogP contribution in [-0.4, -0.2) is 30.2 Å². The van der Waals surface area contributed by atoms with E-state index < -0.39 is 24.5 Å². The van der Waals surface area contributed by atoms with E-state index in [1.165, 1.54) is 17.4 Å². The smallest absolute Gasteiger partial charge is 0.387 e. The molecule has 0 saturated heterocycles. The molecule has 2 heterocycles. The van der Waals surface area contributed by atoms with Crippen molar-refractivity contribution >= 4 is 45.5 Å². The number of esters is 1. The van der Waals surface area contributed by atoms with Gasteiger partial charge in [-0.15, -0.1) is 11.3 Å². The minimum atomic E-state index is -3.04. The summed E-state index contributed by atoms with van der Waals surface area (Å²) < 4.78 is 35.8. The molecule has 2 aromatic rings. The van der Waals surface area contributed by atoms with Crippen molar-refractivity contribution < 1.29 is 27.8 Å². The minimum absolute atomic E-state index is 0.0807. The SMILES string of the molecule is CCOC(=O)c1c(NC(=O)C2=C(C)NC(=S)N[C@H]2c2ccccc2OC(F)F)sc(C)c1C. The molecule has 33 heavy (non-hydrogen) atoms. The number of allylic oxidation sites excluding steroid dienone is 1. The first-order valence-corrected chi connectivity index (χ1v) is 11.3. The molecule has 1 aliphatic rings. The van der Waals surface area contributed by atoms with E-state index >= 15 is 0 Å². The van der Waals surface area contributed by atoms with Gasteiger partial charge in [0.1, 0.15) is 10.8 Å². The summed E-state index contributed by atoms with van der Waals surface area (Å²) in [6, 6.07) is 5.31. The number of carbonyl (C=O) groups is 2. The minimum Gasteiger partial charge on any atom is -0.462 e. The molecule has 0 aliphatic carbocycles. The number of aryl methyl sites for hydroxylation is 1. The lowest BCUT2D eigenvalue weighted by Gasteiger charge is -2.31. The molecule has 1 aliphatic heterocycles. The first-order chi connectivity index (χ1) is 15.6. The van der Waals surface area contributed by atoms with Gasteiger partial charge in [0.15, 0.2) is 5.11 Å². The Hall–Kier alpha value is -3.05. The summed E-state index contributed by atoms with van der Waals surface area (Å²) >= 11 is 6.48. The van der Waals surface area contributed by atoms with Crippen molar-refractivity contribution in [1.29, 1.82) is 0 Å². The van der Waals surface area contributed by atoms with E-state index in [1.807, 2.05) is 6.92 Å². The fourth-order valence-corrected chi connectivity index (χ4v) is 4.80. The largest absolute Gasteiger partial charge is 0.462 e. The lowest BCUT2D eigenvalue weighted by atomic mass is 9.94. The zero-order chi connectivity index (χ0) is 24.3. The van der Waals surface area contributed by atoms with Gasteiger partial charge in [-0.05, 0) is 51.5 Å². The van der Waals surface area contributed by atoms with Crippen LogP contribution < -0.4 is 20.7 Å². The van der Waals surface area contributed by atoms with E-state index in [0.717, 1.165) is 4.88 Å². The molecule has 3 N–H and O–H groups in total. The molecular formula is C22H23F2N3O4S2. The highest BCUT2D eigenvalue weighted by Gasteiger charge is 2.33. The molecule has 0 unspecified atom stereocenters. The average Bonchev–Trinajstić information content (AvgIpc) is 3.00. The van der Waals surface area contributed by atoms with Crippen LogP contribution in [-0.2, 0) is 9.53 Å². The molecule has 0 bridgehead atoms. The van der Waals surface area contributed by atoms with Crippen LogP contribution >= 0.6 is 23.6 Å². The maximum absolute atomic E-state index is 13.4. The van der Waals surface area contributed by atoms with Crippen molar-refractivity contribution in [3.63, 3.8) is 0 Å². The van der Waals surface area contributed by atoms with Gasteiger partial charge in [-0.3, -0.25) is 4.79 Å². The Labute approximate surface area is 199 Å². The average molecular weight is 496 g/mol. The zero-order valence-corrected chi connectivity index (χ0v) is 20.0. The van der Waals surface area contributed by atoms with Gasteiger partial charge in [-0.25, -0.2) is 4.79 Å². The van der Waals surface area contributed by atoms with Gasteiger partial charge in [0.2, 0.25) is 0 Å². The molecule has 3 rings (SSSR count). The summed E-state index contributed by atoms with van der Waals surface area (Å²) in [5.41, 5.74) is 1.97. The van der Waals surface area contributed by atoms with Crippen LogP contribution in [0.3, 0.4) is 0 Å². The van der Waals surface area contributed by atoms with Gasteiger partial charge in [0.25, 0.3) is 5.91 Å². The van der Waals surface area contributed by atoms with Crippen molar-refractivity contribution in [3.8, 4) is 5.75 Å². The number of nitrogens with one attached hydrogen (secondary N) is 3. The van der Waals surface area contributed by atoms with Crippen molar-refractivity contribution in [2.45, 2.75) is 40.3 Å². The Morgan fingerprint density at radius 1 is 1.24 bits per heavy atom. The molecule has 1 amide bonds. The van der Waals surface area contributed by atoms with Crippen LogP contribution in [0, 0.1) is 13.8 Å². The number of thiophene rings is 1. The summed E-state index contributed by atoms with van der Waals surface area (Å²) in [4.78, 5) is 26.8. The lowest BCUT2D eigenvalue weighted by Crippen LogP contribution is -2.45. The fraction of sp³-hybridized carbons (Fsp3) is 0.318. The monoisotopic (exact) mass is 495 g/mol. The van der Waals surface area contributed by atoms with E-state index in [-0.39, 0.29) is 28.6 Å². The van der Waals surface area contributed by atoms with Gasteiger partial charge in [0.05, 0.1) is 23.8 Å². The fourth-order valence-electron chi connectivity index (χ4n) is 3.48. The van der Waals surface area contributed by atoms with E-state index in [0.29, 0.717) is 21.8 Å². The molecule has 0 radical (unpaired) electrons. The number of halogens is 2. The predicted molar refractivity (Wildman–Crippen MR) is 126 cm³/mol. The number of alkyl halides is 2. The second-order valence-electron chi connectivity index (χ2n) is 7.15. The summed E-state index contributed by atoms with van der Waals surface area (Å²) in [7, 11) is 0. The number of carbonyl (C=O) groups excluding carboxylic acids is 2. The summed E-state index contributed by atoms with van der Waals surface area (Å²) in [5.74, 6) is -1.14. The number of amides is 1. The molecule has 1 atom stereocenters. The number of para-hydroxylation sites is 1. The van der Waals surface area contributed by atoms with Gasteiger partial charge >= 0.3 is 12.6 Å². The van der Waals surface area contributed by atoms with E-state index in [4.69, 9.17) is 17.0 Å². The Morgan fingerprint density at radius 3 is 2.61 bits per heavy atom. The molecular weight excluding hydrogens is 472 g/mol. The highest BCUT2D eigenvalue weighted by atomic mass is 32.1. The third-order valence-electron chi connectivity index (χ3n) is 5.05. The number of anilines is 1. The second-order valence-corrected chi connectivity index (χ2v) is 8.78. The number of benzene rings is 1. The lowest BCUT2D eigenvalue weighted by molar-refractivity contribution is -0.113. The second kappa shape index (κ2) is 10.3. The first-order valence-electron chi connectivity index (χ1n) is 10.0. The third kappa shape index (κ3) is 5.31. The van der Waals surface area contributed by atoms with Crippen LogP contribution in [0.5, 0.6) is 5.75 Å². The number of thiocarbonyl (C=S) groups is 1. The van der Waals surface area contributed by atoms with Crippen molar-refractivity contribution in [2.24, 2.45) is 0 Å². The number of rotatable bonds is 7. The van der Waals surface area contributed by atoms with Crippen molar-refractivity contribution in [1.82, 2.24) is 10.6 Å². The van der Waals surface area contributed by atoms with Gasteiger partial charge in [0, 0.05) is 16.1 Å². The summed E-state index contributed by atoms with van der Waals surface area (Å²) in [6.07, 6.45) is 0.